The summed E-state index contributed by atoms with van der Waals surface area (Å²) >= 11 is 5.79. The van der Waals surface area contributed by atoms with Crippen LogP contribution in [-0.2, 0) is 0 Å². The van der Waals surface area contributed by atoms with Crippen molar-refractivity contribution in [2.45, 2.75) is 12.3 Å². The second kappa shape index (κ2) is 3.42. The summed E-state index contributed by atoms with van der Waals surface area (Å²) in [6, 6.07) is 4.00. The van der Waals surface area contributed by atoms with Gasteiger partial charge in [-0.15, -0.1) is 0 Å². The zero-order valence-corrected chi connectivity index (χ0v) is 7.51. The van der Waals surface area contributed by atoms with Gasteiger partial charge in [-0.1, -0.05) is 11.6 Å². The Balaban J connectivity index is 2.21. The molecule has 0 aliphatic carbocycles. The van der Waals surface area contributed by atoms with Gasteiger partial charge in [0.1, 0.15) is 5.15 Å². The topological polar surface area (TPSA) is 24.9 Å². The lowest BCUT2D eigenvalue weighted by Crippen LogP contribution is -2.07. The molecule has 1 aromatic heterocycles. The molecule has 1 atom stereocenters. The molecule has 1 saturated heterocycles. The fourth-order valence-corrected chi connectivity index (χ4v) is 1.79. The van der Waals surface area contributed by atoms with Gasteiger partial charge >= 0.3 is 0 Å². The number of halogens is 1. The highest BCUT2D eigenvalue weighted by Crippen LogP contribution is 2.23. The van der Waals surface area contributed by atoms with E-state index in [1.165, 1.54) is 12.0 Å². The molecule has 12 heavy (non-hydrogen) atoms. The van der Waals surface area contributed by atoms with Gasteiger partial charge in [0.05, 0.1) is 0 Å². The van der Waals surface area contributed by atoms with E-state index in [0.717, 1.165) is 13.1 Å². The molecule has 3 heteroatoms. The van der Waals surface area contributed by atoms with Crippen LogP contribution < -0.4 is 5.32 Å². The van der Waals surface area contributed by atoms with E-state index in [0.29, 0.717) is 11.1 Å². The summed E-state index contributed by atoms with van der Waals surface area (Å²) in [5, 5.41) is 3.92. The summed E-state index contributed by atoms with van der Waals surface area (Å²) in [6.07, 6.45) is 2.98. The Bertz CT molecular complexity index is 269. The summed E-state index contributed by atoms with van der Waals surface area (Å²) in [6.45, 7) is 2.19. The Labute approximate surface area is 77.0 Å². The molecule has 64 valence electrons. The minimum atomic E-state index is 0.597. The van der Waals surface area contributed by atoms with Crippen LogP contribution in [0.25, 0.3) is 0 Å². The fourth-order valence-electron chi connectivity index (χ4n) is 1.61. The number of aromatic nitrogens is 1. The van der Waals surface area contributed by atoms with E-state index < -0.39 is 0 Å². The monoisotopic (exact) mass is 182 g/mol. The summed E-state index contributed by atoms with van der Waals surface area (Å²) in [5.74, 6) is 0.630. The third-order valence-electron chi connectivity index (χ3n) is 2.28. The van der Waals surface area contributed by atoms with Crippen molar-refractivity contribution in [1.82, 2.24) is 10.3 Å². The quantitative estimate of drug-likeness (QED) is 0.671. The van der Waals surface area contributed by atoms with E-state index >= 15 is 0 Å². The molecular weight excluding hydrogens is 172 g/mol. The lowest BCUT2D eigenvalue weighted by molar-refractivity contribution is 0.762. The lowest BCUT2D eigenvalue weighted by atomic mass is 10.0. The van der Waals surface area contributed by atoms with Gasteiger partial charge in [-0.05, 0) is 36.6 Å². The van der Waals surface area contributed by atoms with Crippen LogP contribution in [0.5, 0.6) is 0 Å². The Morgan fingerprint density at radius 1 is 1.58 bits per heavy atom. The van der Waals surface area contributed by atoms with E-state index in [1.54, 1.807) is 6.20 Å². The molecule has 1 aliphatic rings. The highest BCUT2D eigenvalue weighted by Gasteiger charge is 2.16. The fraction of sp³-hybridized carbons (Fsp3) is 0.444. The van der Waals surface area contributed by atoms with Crippen LogP contribution >= 0.6 is 11.6 Å². The molecule has 2 rings (SSSR count). The third kappa shape index (κ3) is 1.59. The largest absolute Gasteiger partial charge is 0.316 e. The molecule has 1 unspecified atom stereocenters. The van der Waals surface area contributed by atoms with Crippen molar-refractivity contribution < 1.29 is 0 Å². The Morgan fingerprint density at radius 2 is 2.50 bits per heavy atom. The van der Waals surface area contributed by atoms with Gasteiger partial charge in [0.25, 0.3) is 0 Å². The average Bonchev–Trinajstić information content (AvgIpc) is 2.56. The SMILES string of the molecule is Clc1cc(C2CCNC2)ccn1. The first-order valence-corrected chi connectivity index (χ1v) is 4.56. The minimum Gasteiger partial charge on any atom is -0.316 e. The van der Waals surface area contributed by atoms with Crippen LogP contribution in [0, 0.1) is 0 Å². The maximum atomic E-state index is 5.79. The number of hydrogen-bond acceptors (Lipinski definition) is 2. The first-order valence-electron chi connectivity index (χ1n) is 4.18. The molecule has 0 radical (unpaired) electrons. The highest BCUT2D eigenvalue weighted by molar-refractivity contribution is 6.29. The van der Waals surface area contributed by atoms with Crippen LogP contribution in [0.15, 0.2) is 18.3 Å². The molecule has 2 heterocycles. The maximum absolute atomic E-state index is 5.79. The molecule has 0 bridgehead atoms. The van der Waals surface area contributed by atoms with Crippen LogP contribution in [0.2, 0.25) is 5.15 Å². The molecule has 1 aromatic rings. The van der Waals surface area contributed by atoms with Crippen LogP contribution in [0.3, 0.4) is 0 Å². The second-order valence-corrected chi connectivity index (χ2v) is 3.49. The summed E-state index contributed by atoms with van der Waals surface area (Å²) < 4.78 is 0. The van der Waals surface area contributed by atoms with E-state index in [-0.39, 0.29) is 0 Å². The van der Waals surface area contributed by atoms with Crippen molar-refractivity contribution in [3.8, 4) is 0 Å². The number of nitrogens with one attached hydrogen (secondary N) is 1. The van der Waals surface area contributed by atoms with Crippen molar-refractivity contribution >= 4 is 11.6 Å². The number of pyridine rings is 1. The zero-order valence-electron chi connectivity index (χ0n) is 6.76. The minimum absolute atomic E-state index is 0.597. The van der Waals surface area contributed by atoms with E-state index in [9.17, 15) is 0 Å². The second-order valence-electron chi connectivity index (χ2n) is 3.10. The van der Waals surface area contributed by atoms with E-state index in [4.69, 9.17) is 11.6 Å². The normalized spacial score (nSPS) is 22.9. The molecule has 0 amide bonds. The van der Waals surface area contributed by atoms with Crippen molar-refractivity contribution in [3.05, 3.63) is 29.0 Å². The zero-order chi connectivity index (χ0) is 8.39. The van der Waals surface area contributed by atoms with Gasteiger partial charge in [-0.2, -0.15) is 0 Å². The van der Waals surface area contributed by atoms with Gasteiger partial charge in [0, 0.05) is 12.7 Å². The number of nitrogens with zero attached hydrogens (tertiary/aromatic N) is 1. The molecule has 0 saturated carbocycles. The van der Waals surface area contributed by atoms with Gasteiger partial charge in [-0.25, -0.2) is 4.98 Å². The van der Waals surface area contributed by atoms with E-state index in [2.05, 4.69) is 10.3 Å². The average molecular weight is 183 g/mol. The van der Waals surface area contributed by atoms with E-state index in [1.807, 2.05) is 12.1 Å². The van der Waals surface area contributed by atoms with Crippen LogP contribution in [0.1, 0.15) is 17.9 Å². The van der Waals surface area contributed by atoms with Crippen molar-refractivity contribution in [2.75, 3.05) is 13.1 Å². The first kappa shape index (κ1) is 8.02. The molecule has 1 aliphatic heterocycles. The van der Waals surface area contributed by atoms with Gasteiger partial charge in [0.15, 0.2) is 0 Å². The summed E-state index contributed by atoms with van der Waals surface area (Å²) in [4.78, 5) is 3.96. The van der Waals surface area contributed by atoms with Crippen molar-refractivity contribution in [1.29, 1.82) is 0 Å². The molecule has 1 fully saturated rings. The smallest absolute Gasteiger partial charge is 0.129 e. The highest BCUT2D eigenvalue weighted by atomic mass is 35.5. The van der Waals surface area contributed by atoms with Gasteiger partial charge < -0.3 is 5.32 Å². The number of hydrogen-bond donors (Lipinski definition) is 1. The molecule has 1 N–H and O–H groups in total. The van der Waals surface area contributed by atoms with Gasteiger partial charge in [-0.3, -0.25) is 0 Å². The standard InChI is InChI=1S/C9H11ClN2/c10-9-5-7(2-4-12-9)8-1-3-11-6-8/h2,4-5,8,11H,1,3,6H2. The number of rotatable bonds is 1. The van der Waals surface area contributed by atoms with Crippen molar-refractivity contribution in [3.63, 3.8) is 0 Å². The molecule has 0 spiro atoms. The summed E-state index contributed by atoms with van der Waals surface area (Å²) in [7, 11) is 0. The van der Waals surface area contributed by atoms with Crippen LogP contribution in [0.4, 0.5) is 0 Å². The van der Waals surface area contributed by atoms with Crippen molar-refractivity contribution in [2.24, 2.45) is 0 Å². The predicted molar refractivity (Wildman–Crippen MR) is 49.5 cm³/mol. The van der Waals surface area contributed by atoms with Gasteiger partial charge in [0.2, 0.25) is 0 Å². The Morgan fingerprint density at radius 3 is 3.17 bits per heavy atom. The first-order chi connectivity index (χ1) is 5.86. The third-order valence-corrected chi connectivity index (χ3v) is 2.49. The predicted octanol–water partition coefficient (Wildman–Crippen LogP) is 1.81. The van der Waals surface area contributed by atoms with Crippen LogP contribution in [-0.4, -0.2) is 18.1 Å². The summed E-state index contributed by atoms with van der Waals surface area (Å²) in [5.41, 5.74) is 1.31. The Hall–Kier alpha value is -0.600. The molecular formula is C9H11ClN2. The Kier molecular flexibility index (Phi) is 2.28. The lowest BCUT2D eigenvalue weighted by Gasteiger charge is -2.07. The molecule has 2 nitrogen and oxygen atoms in total. The maximum Gasteiger partial charge on any atom is 0.129 e. The molecule has 0 aromatic carbocycles.